The van der Waals surface area contributed by atoms with Crippen molar-refractivity contribution in [2.45, 2.75) is 176 Å². The highest BCUT2D eigenvalue weighted by Crippen LogP contribution is 2.61. The van der Waals surface area contributed by atoms with Crippen LogP contribution in [0.25, 0.3) is 0 Å². The predicted molar refractivity (Wildman–Crippen MR) is 402 cm³/mol. The number of likely N-dealkylation sites (tertiary alicyclic amines) is 4. The van der Waals surface area contributed by atoms with Gasteiger partial charge in [0, 0.05) is 26.2 Å². The first kappa shape index (κ1) is 76.6. The molecule has 8 saturated heterocycles. The summed E-state index contributed by atoms with van der Waals surface area (Å²) in [7, 11) is 0. The molecule has 0 unspecified atom stereocenters. The first-order valence-corrected chi connectivity index (χ1v) is 38.4. The lowest BCUT2D eigenvalue weighted by Crippen LogP contribution is -2.45. The number of fused-ring (bicyclic) bond motifs is 4. The van der Waals surface area contributed by atoms with Crippen LogP contribution in [0.4, 0.5) is 0 Å². The molecule has 4 spiro atoms. The molecule has 0 saturated carbocycles. The summed E-state index contributed by atoms with van der Waals surface area (Å²) in [6.45, 7) is 25.7. The van der Waals surface area contributed by atoms with Crippen LogP contribution in [0.1, 0.15) is 101 Å². The summed E-state index contributed by atoms with van der Waals surface area (Å²) in [5.41, 5.74) is 1.31. The van der Waals surface area contributed by atoms with Crippen LogP contribution in [0.15, 0.2) is 221 Å². The van der Waals surface area contributed by atoms with Crippen LogP contribution in [-0.4, -0.2) is 165 Å². The first-order chi connectivity index (χ1) is 52.5. The Kier molecular flexibility index (Phi) is 23.2. The summed E-state index contributed by atoms with van der Waals surface area (Å²) in [5, 5.41) is 0. The maximum Gasteiger partial charge on any atom is 0.312 e. The van der Waals surface area contributed by atoms with Gasteiger partial charge in [-0.3, -0.25) is 38.4 Å². The Morgan fingerprint density at radius 3 is 0.713 bits per heavy atom. The molecule has 12 aliphatic rings. The highest BCUT2D eigenvalue weighted by Gasteiger charge is 2.75. The largest absolute Gasteiger partial charge is 0.466 e. The summed E-state index contributed by atoms with van der Waals surface area (Å²) < 4.78 is 46.3. The van der Waals surface area contributed by atoms with Crippen molar-refractivity contribution in [3.8, 4) is 0 Å². The fourth-order valence-electron chi connectivity index (χ4n) is 19.4. The second kappa shape index (κ2) is 32.7. The van der Waals surface area contributed by atoms with Gasteiger partial charge in [-0.05, 0) is 101 Å². The Labute approximate surface area is 633 Å². The first-order valence-electron chi connectivity index (χ1n) is 38.4. The molecule has 108 heavy (non-hydrogen) atoms. The maximum absolute atomic E-state index is 13.4. The number of hydrogen-bond donors (Lipinski definition) is 0. The van der Waals surface area contributed by atoms with E-state index in [-0.39, 0.29) is 96.1 Å². The van der Waals surface area contributed by atoms with Crippen molar-refractivity contribution in [2.75, 3.05) is 26.4 Å². The standard InChI is InChI=1S/4C22H25NO4/c4*1-3-5-11-17-22-13-12-16(27-22)18(21(25)26-4-2)19(22)20(24)23(17)14-15-9-7-6-8-10-15/h4*3,6-10,12-13,16-19H,1,4-5,11,14H2,2H3/t4*16-,17+,18-,19+,22-/m1100/s1. The van der Waals surface area contributed by atoms with Gasteiger partial charge in [0.05, 0.1) is 98.7 Å². The lowest BCUT2D eigenvalue weighted by molar-refractivity contribution is -0.154. The van der Waals surface area contributed by atoms with Crippen LogP contribution in [-0.2, 0) is 102 Å². The molecule has 8 fully saturated rings. The molecule has 4 aromatic carbocycles. The van der Waals surface area contributed by atoms with Crippen LogP contribution in [0, 0.1) is 47.3 Å². The van der Waals surface area contributed by atoms with Gasteiger partial charge >= 0.3 is 23.9 Å². The monoisotopic (exact) mass is 1470 g/mol. The van der Waals surface area contributed by atoms with Crippen molar-refractivity contribution in [2.24, 2.45) is 47.3 Å². The minimum absolute atomic E-state index is 0.0159. The summed E-state index contributed by atoms with van der Waals surface area (Å²) in [6, 6.07) is 39.2. The minimum Gasteiger partial charge on any atom is -0.466 e. The molecule has 4 amide bonds. The fourth-order valence-corrected chi connectivity index (χ4v) is 19.4. The molecule has 0 radical (unpaired) electrons. The van der Waals surface area contributed by atoms with Crippen LogP contribution < -0.4 is 0 Å². The molecule has 20 heteroatoms. The van der Waals surface area contributed by atoms with Crippen LogP contribution in [0.5, 0.6) is 0 Å². The molecule has 20 nitrogen and oxygen atoms in total. The molecule has 0 aromatic heterocycles. The lowest BCUT2D eigenvalue weighted by Gasteiger charge is -2.33. The second-order valence-corrected chi connectivity index (χ2v) is 29.5. The number of allylic oxidation sites excluding steroid dienone is 4. The highest BCUT2D eigenvalue weighted by atomic mass is 16.6. The number of nitrogens with zero attached hydrogens (tertiary/aromatic N) is 4. The number of ether oxygens (including phenoxy) is 8. The molecule has 0 N–H and O–H groups in total. The third-order valence-electron chi connectivity index (χ3n) is 23.7. The number of hydrogen-bond acceptors (Lipinski definition) is 16. The number of rotatable bonds is 28. The Balaban J connectivity index is 0.000000127. The van der Waals surface area contributed by atoms with E-state index in [2.05, 4.69) is 26.3 Å². The van der Waals surface area contributed by atoms with E-state index < -0.39 is 69.7 Å². The van der Waals surface area contributed by atoms with Crippen LogP contribution in [0.3, 0.4) is 0 Å². The van der Waals surface area contributed by atoms with E-state index in [1.807, 2.05) is 214 Å². The third-order valence-corrected chi connectivity index (χ3v) is 23.7. The maximum atomic E-state index is 13.4. The molecule has 12 heterocycles. The Hall–Kier alpha value is -9.60. The van der Waals surface area contributed by atoms with E-state index in [0.717, 1.165) is 73.6 Å². The van der Waals surface area contributed by atoms with Gasteiger partial charge in [0.2, 0.25) is 23.6 Å². The van der Waals surface area contributed by atoms with Gasteiger partial charge in [-0.2, -0.15) is 0 Å². The van der Waals surface area contributed by atoms with Gasteiger partial charge in [0.1, 0.15) is 46.1 Å². The molecule has 568 valence electrons. The Morgan fingerprint density at radius 2 is 0.537 bits per heavy atom. The number of carbonyl (C=O) groups excluding carboxylic acids is 8. The number of benzene rings is 4. The van der Waals surface area contributed by atoms with Crippen molar-refractivity contribution in [1.82, 2.24) is 19.6 Å². The zero-order valence-corrected chi connectivity index (χ0v) is 62.2. The van der Waals surface area contributed by atoms with Crippen molar-refractivity contribution in [3.05, 3.63) is 243 Å². The molecule has 20 atom stereocenters. The Bertz CT molecular complexity index is 3620. The SMILES string of the molecule is C=CCC[C@@H]1N(Cc2ccccc2)C(=O)[C@@H]2[C@H](C(=O)OCC)[C@H]3C=C[C@]21O3.C=CCC[C@@H]1N(Cc2ccccc2)C(=O)[C@@H]2[C@H](C(=O)OCC)[C@H]3C=C[C@]21O3.C=CCC[C@H]1N(Cc2ccccc2)C(=O)[C@H]2[C@@H](C(=O)OCC)[C@@H]3C=C[C@@]21O3.C=CCC[C@H]1N(Cc2ccccc2)C(=O)[C@H]2[C@@H](C(=O)OCC)[C@@H]3C=C[C@@]21O3. The number of amides is 4. The lowest BCUT2D eigenvalue weighted by atomic mass is 9.74. The zero-order valence-electron chi connectivity index (χ0n) is 62.2. The molecular weight excluding hydrogens is 1370 g/mol. The molecule has 0 aliphatic carbocycles. The van der Waals surface area contributed by atoms with Crippen LogP contribution >= 0.6 is 0 Å². The summed E-state index contributed by atoms with van der Waals surface area (Å²) in [5.74, 6) is -5.69. The van der Waals surface area contributed by atoms with Crippen molar-refractivity contribution >= 4 is 47.5 Å². The van der Waals surface area contributed by atoms with E-state index in [9.17, 15) is 38.4 Å². The zero-order chi connectivity index (χ0) is 76.1. The van der Waals surface area contributed by atoms with Gasteiger partial charge in [-0.1, -0.05) is 194 Å². The fraction of sp³-hybridized carbons (Fsp3) is 0.455. The molecule has 12 aliphatic heterocycles. The number of esters is 4. The molecule has 16 rings (SSSR count). The quantitative estimate of drug-likeness (QED) is 0.0293. The predicted octanol–water partition coefficient (Wildman–Crippen LogP) is 11.5. The topological polar surface area (TPSA) is 223 Å². The highest BCUT2D eigenvalue weighted by molar-refractivity contribution is 5.95. The van der Waals surface area contributed by atoms with Crippen molar-refractivity contribution in [1.29, 1.82) is 0 Å². The van der Waals surface area contributed by atoms with Gasteiger partial charge in [0.25, 0.3) is 0 Å². The van der Waals surface area contributed by atoms with E-state index >= 15 is 0 Å². The summed E-state index contributed by atoms with van der Waals surface area (Å²) in [4.78, 5) is 112. The summed E-state index contributed by atoms with van der Waals surface area (Å²) >= 11 is 0. The molecular formula is C88H100N4O16. The smallest absolute Gasteiger partial charge is 0.312 e. The van der Waals surface area contributed by atoms with Gasteiger partial charge in [0.15, 0.2) is 0 Å². The van der Waals surface area contributed by atoms with Gasteiger partial charge in [-0.15, -0.1) is 26.3 Å². The van der Waals surface area contributed by atoms with Crippen LogP contribution in [0.2, 0.25) is 0 Å². The van der Waals surface area contributed by atoms with E-state index in [0.29, 0.717) is 52.6 Å². The minimum atomic E-state index is -0.739. The second-order valence-electron chi connectivity index (χ2n) is 29.5. The molecule has 4 aromatic rings. The normalized spacial score (nSPS) is 33.4. The van der Waals surface area contributed by atoms with Gasteiger partial charge < -0.3 is 57.5 Å². The van der Waals surface area contributed by atoms with Crippen molar-refractivity contribution in [3.63, 3.8) is 0 Å². The summed E-state index contributed by atoms with van der Waals surface area (Å²) in [6.07, 6.45) is 27.9. The van der Waals surface area contributed by atoms with E-state index in [1.165, 1.54) is 0 Å². The average Bonchev–Trinajstić information content (AvgIpc) is 1.55. The van der Waals surface area contributed by atoms with E-state index in [4.69, 9.17) is 37.9 Å². The molecule has 8 bridgehead atoms. The third kappa shape index (κ3) is 13.6. The van der Waals surface area contributed by atoms with Crippen molar-refractivity contribution < 1.29 is 76.3 Å². The average molecular weight is 1470 g/mol. The van der Waals surface area contributed by atoms with Gasteiger partial charge in [-0.25, -0.2) is 0 Å². The number of carbonyl (C=O) groups is 8. The van der Waals surface area contributed by atoms with E-state index in [1.54, 1.807) is 27.7 Å². The Morgan fingerprint density at radius 1 is 0.343 bits per heavy atom.